The summed E-state index contributed by atoms with van der Waals surface area (Å²) in [6, 6.07) is 0. The van der Waals surface area contributed by atoms with Crippen molar-refractivity contribution in [2.75, 3.05) is 0 Å². The van der Waals surface area contributed by atoms with E-state index in [0.717, 1.165) is 6.29 Å². The topological polar surface area (TPSA) is 17.1 Å². The minimum Gasteiger partial charge on any atom is -0.299 e. The number of aldehydes is 1. The minimum absolute atomic E-state index is 0.409. The maximum atomic E-state index is 9.85. The van der Waals surface area contributed by atoms with Crippen LogP contribution in [0.2, 0.25) is 0 Å². The molecule has 0 atom stereocenters. The van der Waals surface area contributed by atoms with Gasteiger partial charge in [-0.3, -0.25) is 4.79 Å². The van der Waals surface area contributed by atoms with Crippen molar-refractivity contribution in [1.29, 1.82) is 0 Å². The molecule has 0 fully saturated rings. The monoisotopic (exact) mass is 146 g/mol. The van der Waals surface area contributed by atoms with Gasteiger partial charge in [0.05, 0.1) is 0 Å². The second-order valence-corrected chi connectivity index (χ2v) is 2.25. The summed E-state index contributed by atoms with van der Waals surface area (Å²) in [6.07, 6.45) is 16.1. The van der Waals surface area contributed by atoms with Crippen molar-refractivity contribution in [3.8, 4) is 0 Å². The lowest BCUT2D eigenvalue weighted by molar-refractivity contribution is -0.104. The van der Waals surface area contributed by atoms with Crippen LogP contribution in [-0.2, 0) is 4.79 Å². The van der Waals surface area contributed by atoms with Crippen molar-refractivity contribution < 1.29 is 4.79 Å². The van der Waals surface area contributed by atoms with Gasteiger partial charge in [-0.2, -0.15) is 0 Å². The lowest BCUT2D eigenvalue weighted by Crippen LogP contribution is -1.78. The summed E-state index contributed by atoms with van der Waals surface area (Å²) >= 11 is 0. The summed E-state index contributed by atoms with van der Waals surface area (Å²) in [5.41, 5.74) is 0. The van der Waals surface area contributed by atoms with Gasteiger partial charge >= 0.3 is 0 Å². The van der Waals surface area contributed by atoms with E-state index in [2.05, 4.69) is 12.2 Å². The lowest BCUT2D eigenvalue weighted by atomic mass is 10.1. The predicted octanol–water partition coefficient (Wildman–Crippen LogP) is 2.04. The van der Waals surface area contributed by atoms with Crippen LogP contribution in [0.4, 0.5) is 0 Å². The Kier molecular flexibility index (Phi) is 3.13. The largest absolute Gasteiger partial charge is 0.299 e. The third-order valence-corrected chi connectivity index (χ3v) is 1.41. The molecule has 0 spiro atoms. The van der Waals surface area contributed by atoms with Crippen LogP contribution in [0.15, 0.2) is 48.6 Å². The first-order valence-corrected chi connectivity index (χ1v) is 3.57. The lowest BCUT2D eigenvalue weighted by Gasteiger charge is -1.91. The maximum absolute atomic E-state index is 9.85. The molecule has 0 unspecified atom stereocenters. The van der Waals surface area contributed by atoms with Crippen LogP contribution >= 0.6 is 0 Å². The number of hydrogen-bond acceptors (Lipinski definition) is 1. The predicted molar refractivity (Wildman–Crippen MR) is 46.1 cm³/mol. The molecule has 0 bridgehead atoms. The zero-order valence-corrected chi connectivity index (χ0v) is 6.18. The molecule has 1 heteroatoms. The highest BCUT2D eigenvalue weighted by Gasteiger charge is 1.94. The Labute approximate surface area is 66.4 Å². The third kappa shape index (κ3) is 2.80. The Bertz CT molecular complexity index is 219. The van der Waals surface area contributed by atoms with E-state index in [1.165, 1.54) is 6.08 Å². The zero-order valence-electron chi connectivity index (χ0n) is 6.18. The molecule has 0 saturated carbocycles. The van der Waals surface area contributed by atoms with Crippen molar-refractivity contribution in [3.63, 3.8) is 0 Å². The molecule has 0 saturated heterocycles. The second kappa shape index (κ2) is 4.45. The molecular formula is C10H10O. The fraction of sp³-hybridized carbons (Fsp3) is 0.100. The van der Waals surface area contributed by atoms with Gasteiger partial charge in [-0.25, -0.2) is 0 Å². The summed E-state index contributed by atoms with van der Waals surface area (Å²) in [5.74, 6) is 0.409. The average molecular weight is 146 g/mol. The first kappa shape index (κ1) is 7.73. The van der Waals surface area contributed by atoms with Crippen molar-refractivity contribution in [3.05, 3.63) is 48.6 Å². The fourth-order valence-corrected chi connectivity index (χ4v) is 0.879. The van der Waals surface area contributed by atoms with Crippen LogP contribution in [0.3, 0.4) is 0 Å². The zero-order chi connectivity index (χ0) is 7.94. The van der Waals surface area contributed by atoms with E-state index in [0.29, 0.717) is 5.92 Å². The number of carbonyl (C=O) groups excluding carboxylic acids is 1. The number of hydrogen-bond donors (Lipinski definition) is 0. The molecule has 1 aliphatic carbocycles. The van der Waals surface area contributed by atoms with Gasteiger partial charge < -0.3 is 0 Å². The van der Waals surface area contributed by atoms with Gasteiger partial charge in [-0.15, -0.1) is 0 Å². The van der Waals surface area contributed by atoms with Gasteiger partial charge in [-0.05, 0) is 6.08 Å². The van der Waals surface area contributed by atoms with Gasteiger partial charge in [0.1, 0.15) is 6.29 Å². The van der Waals surface area contributed by atoms with E-state index in [1.807, 2.05) is 24.3 Å². The van der Waals surface area contributed by atoms with Crippen LogP contribution in [-0.4, -0.2) is 6.29 Å². The van der Waals surface area contributed by atoms with Crippen molar-refractivity contribution >= 4 is 6.29 Å². The van der Waals surface area contributed by atoms with Crippen LogP contribution in [0.25, 0.3) is 0 Å². The molecule has 1 rings (SSSR count). The second-order valence-electron chi connectivity index (χ2n) is 2.25. The molecule has 56 valence electrons. The van der Waals surface area contributed by atoms with Crippen molar-refractivity contribution in [2.45, 2.75) is 0 Å². The van der Waals surface area contributed by atoms with Gasteiger partial charge in [0, 0.05) is 5.92 Å². The Morgan fingerprint density at radius 2 is 1.73 bits per heavy atom. The van der Waals surface area contributed by atoms with Gasteiger partial charge in [0.15, 0.2) is 0 Å². The normalized spacial score (nSPS) is 17.5. The minimum atomic E-state index is 0.409. The van der Waals surface area contributed by atoms with Gasteiger partial charge in [0.2, 0.25) is 0 Å². The number of carbonyl (C=O) groups is 1. The van der Waals surface area contributed by atoms with Crippen LogP contribution < -0.4 is 0 Å². The summed E-state index contributed by atoms with van der Waals surface area (Å²) in [4.78, 5) is 9.85. The molecule has 0 aromatic rings. The molecule has 0 amide bonds. The standard InChI is InChI=1S/C10H10O/c11-9-5-1-2-6-10-7-3-4-8-10/h1-10H/b5-1+,6-2+. The summed E-state index contributed by atoms with van der Waals surface area (Å²) in [7, 11) is 0. The van der Waals surface area contributed by atoms with Crippen molar-refractivity contribution in [1.82, 2.24) is 0 Å². The van der Waals surface area contributed by atoms with Gasteiger partial charge in [-0.1, -0.05) is 42.5 Å². The third-order valence-electron chi connectivity index (χ3n) is 1.41. The van der Waals surface area contributed by atoms with E-state index in [-0.39, 0.29) is 0 Å². The molecule has 0 N–H and O–H groups in total. The van der Waals surface area contributed by atoms with E-state index in [1.54, 1.807) is 6.08 Å². The summed E-state index contributed by atoms with van der Waals surface area (Å²) in [6.45, 7) is 0. The van der Waals surface area contributed by atoms with E-state index in [9.17, 15) is 4.79 Å². The maximum Gasteiger partial charge on any atom is 0.142 e. The van der Waals surface area contributed by atoms with E-state index >= 15 is 0 Å². The molecular weight excluding hydrogens is 136 g/mol. The average Bonchev–Trinajstić information content (AvgIpc) is 2.50. The van der Waals surface area contributed by atoms with Crippen LogP contribution in [0, 0.1) is 5.92 Å². The first-order valence-electron chi connectivity index (χ1n) is 3.57. The SMILES string of the molecule is O=C/C=C/C=C/C1C=CC=C1. The molecule has 1 nitrogen and oxygen atoms in total. The Hall–Kier alpha value is -1.37. The summed E-state index contributed by atoms with van der Waals surface area (Å²) in [5, 5.41) is 0. The quantitative estimate of drug-likeness (QED) is 0.338. The Balaban J connectivity index is 2.35. The summed E-state index contributed by atoms with van der Waals surface area (Å²) < 4.78 is 0. The molecule has 0 radical (unpaired) electrons. The molecule has 1 aliphatic rings. The number of rotatable bonds is 3. The van der Waals surface area contributed by atoms with Crippen LogP contribution in [0.5, 0.6) is 0 Å². The Morgan fingerprint density at radius 1 is 1.00 bits per heavy atom. The van der Waals surface area contributed by atoms with E-state index in [4.69, 9.17) is 0 Å². The van der Waals surface area contributed by atoms with Gasteiger partial charge in [0.25, 0.3) is 0 Å². The smallest absolute Gasteiger partial charge is 0.142 e. The fourth-order valence-electron chi connectivity index (χ4n) is 0.879. The molecule has 0 heterocycles. The highest BCUT2D eigenvalue weighted by Crippen LogP contribution is 2.09. The van der Waals surface area contributed by atoms with Crippen molar-refractivity contribution in [2.24, 2.45) is 5.92 Å². The number of allylic oxidation sites excluding steroid dienone is 8. The highest BCUT2D eigenvalue weighted by molar-refractivity contribution is 5.65. The van der Waals surface area contributed by atoms with Crippen LogP contribution in [0.1, 0.15) is 0 Å². The van der Waals surface area contributed by atoms with E-state index < -0.39 is 0 Å². The Morgan fingerprint density at radius 3 is 2.36 bits per heavy atom. The molecule has 11 heavy (non-hydrogen) atoms. The molecule has 0 aromatic carbocycles. The first-order chi connectivity index (χ1) is 5.43. The highest BCUT2D eigenvalue weighted by atomic mass is 16.1. The molecule has 0 aromatic heterocycles. The molecule has 0 aliphatic heterocycles.